The van der Waals surface area contributed by atoms with Crippen molar-refractivity contribution in [1.82, 2.24) is 8.52 Å². The maximum atomic E-state index is 12.5. The Kier molecular flexibility index (Phi) is 4.20. The van der Waals surface area contributed by atoms with Crippen molar-refractivity contribution in [2.75, 3.05) is 0 Å². The average molecular weight is 353 g/mol. The zero-order chi connectivity index (χ0) is 15.7. The van der Waals surface area contributed by atoms with E-state index >= 15 is 0 Å². The van der Waals surface area contributed by atoms with Crippen LogP contribution in [0.2, 0.25) is 10.0 Å². The van der Waals surface area contributed by atoms with Gasteiger partial charge in [-0.3, -0.25) is 4.79 Å². The Morgan fingerprint density at radius 3 is 2.32 bits per heavy atom. The van der Waals surface area contributed by atoms with Crippen molar-refractivity contribution in [3.05, 3.63) is 84.3 Å². The highest BCUT2D eigenvalue weighted by Crippen LogP contribution is 2.15. The second-order valence-corrected chi connectivity index (χ2v) is 6.40. The lowest BCUT2D eigenvalue weighted by molar-refractivity contribution is 0.723. The lowest BCUT2D eigenvalue weighted by Crippen LogP contribution is -2.28. The molecule has 3 aromatic rings. The first-order valence-corrected chi connectivity index (χ1v) is 7.91. The summed E-state index contributed by atoms with van der Waals surface area (Å²) in [5, 5.41) is 1.07. The van der Waals surface area contributed by atoms with Crippen LogP contribution in [0.4, 0.5) is 0 Å². The fourth-order valence-electron chi connectivity index (χ4n) is 2.07. The molecule has 2 aromatic carbocycles. The molecular formula is C15H10Cl2N2O2S. The molecule has 22 heavy (non-hydrogen) atoms. The molecule has 0 N–H and O–H groups in total. The highest BCUT2D eigenvalue weighted by Gasteiger charge is 2.12. The molecular weight excluding hydrogens is 343 g/mol. The van der Waals surface area contributed by atoms with Crippen molar-refractivity contribution in [2.45, 2.75) is 6.54 Å². The van der Waals surface area contributed by atoms with Gasteiger partial charge in [0.2, 0.25) is 0 Å². The predicted molar refractivity (Wildman–Crippen MR) is 89.7 cm³/mol. The van der Waals surface area contributed by atoms with E-state index in [1.165, 1.54) is 8.52 Å². The Bertz CT molecular complexity index is 943. The summed E-state index contributed by atoms with van der Waals surface area (Å²) in [4.78, 5) is 24.2. The van der Waals surface area contributed by atoms with E-state index in [1.807, 2.05) is 6.07 Å². The molecule has 0 amide bonds. The smallest absolute Gasteiger partial charge is 0.255 e. The number of rotatable bonds is 3. The predicted octanol–water partition coefficient (Wildman–Crippen LogP) is 3.42. The van der Waals surface area contributed by atoms with Crippen LogP contribution in [0.3, 0.4) is 0 Å². The molecule has 1 aromatic heterocycles. The summed E-state index contributed by atoms with van der Waals surface area (Å²) in [6.45, 7) is 0.183. The summed E-state index contributed by atoms with van der Waals surface area (Å²) in [6.07, 6.45) is 0. The summed E-state index contributed by atoms with van der Waals surface area (Å²) < 4.78 is 2.51. The molecule has 0 radical (unpaired) electrons. The van der Waals surface area contributed by atoms with Gasteiger partial charge in [-0.1, -0.05) is 41.4 Å². The number of benzene rings is 2. The SMILES string of the molecule is O=c1sn(-c2cccc(Cl)c2)c(=O)n1Cc1cccc(Cl)c1. The normalized spacial score (nSPS) is 10.8. The van der Waals surface area contributed by atoms with Crippen LogP contribution in [0.1, 0.15) is 5.56 Å². The van der Waals surface area contributed by atoms with Crippen LogP contribution in [-0.2, 0) is 6.54 Å². The zero-order valence-corrected chi connectivity index (χ0v) is 13.5. The Balaban J connectivity index is 2.04. The van der Waals surface area contributed by atoms with Gasteiger partial charge in [-0.2, -0.15) is 0 Å². The molecule has 0 unspecified atom stereocenters. The lowest BCUT2D eigenvalue weighted by atomic mass is 10.2. The molecule has 0 saturated heterocycles. The van der Waals surface area contributed by atoms with Gasteiger partial charge in [-0.25, -0.2) is 13.3 Å². The van der Waals surface area contributed by atoms with E-state index in [0.29, 0.717) is 15.7 Å². The van der Waals surface area contributed by atoms with E-state index < -0.39 is 5.69 Å². The maximum absolute atomic E-state index is 12.5. The van der Waals surface area contributed by atoms with Crippen LogP contribution in [0.15, 0.2) is 58.1 Å². The molecule has 7 heteroatoms. The molecule has 0 aliphatic carbocycles. The number of halogens is 2. The van der Waals surface area contributed by atoms with Gasteiger partial charge in [0, 0.05) is 21.6 Å². The third-order valence-electron chi connectivity index (χ3n) is 3.07. The lowest BCUT2D eigenvalue weighted by Gasteiger charge is -2.02. The van der Waals surface area contributed by atoms with Crippen LogP contribution >= 0.6 is 34.7 Å². The van der Waals surface area contributed by atoms with Crippen LogP contribution in [0.5, 0.6) is 0 Å². The zero-order valence-electron chi connectivity index (χ0n) is 11.2. The Hall–Kier alpha value is -1.82. The van der Waals surface area contributed by atoms with E-state index in [1.54, 1.807) is 42.5 Å². The molecule has 0 bridgehead atoms. The van der Waals surface area contributed by atoms with Gasteiger partial charge in [0.05, 0.1) is 12.2 Å². The van der Waals surface area contributed by atoms with Crippen molar-refractivity contribution in [3.63, 3.8) is 0 Å². The van der Waals surface area contributed by atoms with E-state index in [4.69, 9.17) is 23.2 Å². The summed E-state index contributed by atoms with van der Waals surface area (Å²) >= 11 is 12.7. The molecule has 0 fully saturated rings. The van der Waals surface area contributed by atoms with Crippen LogP contribution in [0.25, 0.3) is 5.69 Å². The molecule has 112 valence electrons. The largest absolute Gasteiger partial charge is 0.346 e. The minimum absolute atomic E-state index is 0.183. The quantitative estimate of drug-likeness (QED) is 0.724. The fourth-order valence-corrected chi connectivity index (χ4v) is 3.26. The molecule has 0 aliphatic rings. The van der Waals surface area contributed by atoms with Crippen molar-refractivity contribution in [3.8, 4) is 5.69 Å². The highest BCUT2D eigenvalue weighted by atomic mass is 35.5. The molecule has 0 saturated carbocycles. The van der Waals surface area contributed by atoms with Gasteiger partial charge in [-0.05, 0) is 35.9 Å². The summed E-state index contributed by atoms with van der Waals surface area (Å²) in [5.74, 6) is 0. The summed E-state index contributed by atoms with van der Waals surface area (Å²) in [5.41, 5.74) is 0.976. The van der Waals surface area contributed by atoms with Crippen molar-refractivity contribution >= 4 is 34.7 Å². The van der Waals surface area contributed by atoms with Gasteiger partial charge >= 0.3 is 10.6 Å². The Labute approximate surface area is 139 Å². The minimum atomic E-state index is -0.391. The monoisotopic (exact) mass is 352 g/mol. The fraction of sp³-hybridized carbons (Fsp3) is 0.0667. The van der Waals surface area contributed by atoms with Crippen molar-refractivity contribution in [2.24, 2.45) is 0 Å². The number of hydrogen-bond acceptors (Lipinski definition) is 3. The van der Waals surface area contributed by atoms with Crippen LogP contribution in [-0.4, -0.2) is 8.52 Å². The second-order valence-electron chi connectivity index (χ2n) is 4.63. The van der Waals surface area contributed by atoms with Crippen molar-refractivity contribution in [1.29, 1.82) is 0 Å². The molecule has 3 rings (SSSR count). The van der Waals surface area contributed by atoms with Crippen LogP contribution < -0.4 is 10.6 Å². The van der Waals surface area contributed by atoms with Crippen LogP contribution in [0, 0.1) is 0 Å². The second kappa shape index (κ2) is 6.12. The summed E-state index contributed by atoms with van der Waals surface area (Å²) in [6, 6.07) is 13.9. The van der Waals surface area contributed by atoms with Gasteiger partial charge < -0.3 is 0 Å². The first kappa shape index (κ1) is 15.1. The average Bonchev–Trinajstić information content (AvgIpc) is 2.75. The topological polar surface area (TPSA) is 44.0 Å². The standard InChI is InChI=1S/C15H10Cl2N2O2S/c16-11-4-1-3-10(7-11)9-18-14(20)19(22-15(18)21)13-6-2-5-12(17)8-13/h1-8H,9H2. The van der Waals surface area contributed by atoms with E-state index in [2.05, 4.69) is 0 Å². The number of nitrogens with zero attached hydrogens (tertiary/aromatic N) is 2. The van der Waals surface area contributed by atoms with E-state index in [0.717, 1.165) is 17.1 Å². The maximum Gasteiger partial charge on any atom is 0.346 e. The van der Waals surface area contributed by atoms with E-state index in [-0.39, 0.29) is 11.4 Å². The minimum Gasteiger partial charge on any atom is -0.255 e. The first-order chi connectivity index (χ1) is 10.5. The molecule has 0 aliphatic heterocycles. The highest BCUT2D eigenvalue weighted by molar-refractivity contribution is 7.03. The number of aromatic nitrogens is 2. The molecule has 0 spiro atoms. The molecule has 4 nitrogen and oxygen atoms in total. The van der Waals surface area contributed by atoms with Gasteiger partial charge in [-0.15, -0.1) is 0 Å². The third-order valence-corrected chi connectivity index (χ3v) is 4.46. The molecule has 0 atom stereocenters. The number of hydrogen-bond donors (Lipinski definition) is 0. The Morgan fingerprint density at radius 1 is 0.955 bits per heavy atom. The van der Waals surface area contributed by atoms with Crippen molar-refractivity contribution < 1.29 is 0 Å². The van der Waals surface area contributed by atoms with Gasteiger partial charge in [0.15, 0.2) is 0 Å². The Morgan fingerprint density at radius 2 is 1.64 bits per heavy atom. The first-order valence-electron chi connectivity index (χ1n) is 6.38. The molecule has 1 heterocycles. The summed E-state index contributed by atoms with van der Waals surface area (Å²) in [7, 11) is 0. The van der Waals surface area contributed by atoms with E-state index in [9.17, 15) is 9.59 Å². The van der Waals surface area contributed by atoms with Gasteiger partial charge in [0.1, 0.15) is 0 Å². The third kappa shape index (κ3) is 3.02. The van der Waals surface area contributed by atoms with Gasteiger partial charge in [0.25, 0.3) is 0 Å².